The fourth-order valence-corrected chi connectivity index (χ4v) is 3.40. The van der Waals surface area contributed by atoms with E-state index in [0.29, 0.717) is 22.8 Å². The molecule has 0 N–H and O–H groups in total. The predicted molar refractivity (Wildman–Crippen MR) is 74.5 cm³/mol. The van der Waals surface area contributed by atoms with Gasteiger partial charge in [0.1, 0.15) is 6.61 Å². The van der Waals surface area contributed by atoms with Crippen LogP contribution in [0.25, 0.3) is 0 Å². The summed E-state index contributed by atoms with van der Waals surface area (Å²) < 4.78 is 5.74. The van der Waals surface area contributed by atoms with E-state index >= 15 is 0 Å². The Hall–Kier alpha value is -1.19. The minimum atomic E-state index is 0.429. The van der Waals surface area contributed by atoms with Crippen LogP contribution in [0.2, 0.25) is 5.15 Å². The minimum absolute atomic E-state index is 0.429. The topological polar surface area (TPSA) is 22.1 Å². The fraction of sp³-hybridized carbons (Fsp3) is 0.214. The van der Waals surface area contributed by atoms with Crippen LogP contribution in [-0.4, -0.2) is 16.8 Å². The first-order chi connectivity index (χ1) is 8.83. The van der Waals surface area contributed by atoms with E-state index in [1.54, 1.807) is 6.20 Å². The lowest BCUT2D eigenvalue weighted by molar-refractivity contribution is 0.316. The van der Waals surface area contributed by atoms with E-state index in [0.717, 1.165) is 6.42 Å². The van der Waals surface area contributed by atoms with Crippen LogP contribution in [0.5, 0.6) is 5.75 Å². The maximum absolute atomic E-state index is 5.96. The van der Waals surface area contributed by atoms with Crippen molar-refractivity contribution in [2.75, 3.05) is 6.61 Å². The molecule has 0 amide bonds. The summed E-state index contributed by atoms with van der Waals surface area (Å²) in [4.78, 5) is 5.36. The number of rotatable bonds is 3. The van der Waals surface area contributed by atoms with Crippen LogP contribution in [0.15, 0.2) is 47.5 Å². The second-order valence-electron chi connectivity index (χ2n) is 4.16. The highest BCUT2D eigenvalue weighted by atomic mass is 35.5. The van der Waals surface area contributed by atoms with Gasteiger partial charge in [0.25, 0.3) is 0 Å². The number of halogens is 1. The van der Waals surface area contributed by atoms with Crippen LogP contribution in [0.4, 0.5) is 0 Å². The molecule has 4 heteroatoms. The molecule has 92 valence electrons. The summed E-state index contributed by atoms with van der Waals surface area (Å²) in [5.74, 6) is 0.663. The molecule has 2 aromatic rings. The average molecular weight is 278 g/mol. The summed E-state index contributed by atoms with van der Waals surface area (Å²) in [5.41, 5.74) is 1.41. The van der Waals surface area contributed by atoms with Gasteiger partial charge in [-0.1, -0.05) is 29.8 Å². The van der Waals surface area contributed by atoms with E-state index in [4.69, 9.17) is 16.3 Å². The quantitative estimate of drug-likeness (QED) is 0.796. The molecule has 3 rings (SSSR count). The number of fused-ring (bicyclic) bond motifs is 1. The Bertz CT molecular complexity index is 536. The highest BCUT2D eigenvalue weighted by Gasteiger charge is 2.22. The SMILES string of the molecule is Clc1ncccc1OCC1Cc2ccccc2S1. The molecule has 0 saturated carbocycles. The summed E-state index contributed by atoms with van der Waals surface area (Å²) in [6, 6.07) is 12.2. The van der Waals surface area contributed by atoms with Gasteiger partial charge in [0.05, 0.1) is 0 Å². The van der Waals surface area contributed by atoms with Crippen molar-refractivity contribution in [3.8, 4) is 5.75 Å². The fourth-order valence-electron chi connectivity index (χ4n) is 2.01. The van der Waals surface area contributed by atoms with Crippen LogP contribution >= 0.6 is 23.4 Å². The molecule has 1 aromatic carbocycles. The number of hydrogen-bond acceptors (Lipinski definition) is 3. The highest BCUT2D eigenvalue weighted by molar-refractivity contribution is 8.00. The van der Waals surface area contributed by atoms with Crippen molar-refractivity contribution in [2.24, 2.45) is 0 Å². The van der Waals surface area contributed by atoms with E-state index in [1.807, 2.05) is 23.9 Å². The van der Waals surface area contributed by atoms with Gasteiger partial charge in [0, 0.05) is 16.3 Å². The van der Waals surface area contributed by atoms with Crippen LogP contribution in [0.3, 0.4) is 0 Å². The molecule has 0 bridgehead atoms. The third kappa shape index (κ3) is 2.47. The minimum Gasteiger partial charge on any atom is -0.489 e. The van der Waals surface area contributed by atoms with Crippen molar-refractivity contribution < 1.29 is 4.74 Å². The third-order valence-electron chi connectivity index (χ3n) is 2.86. The summed E-state index contributed by atoms with van der Waals surface area (Å²) in [5, 5.41) is 0.886. The van der Waals surface area contributed by atoms with Crippen molar-refractivity contribution in [1.29, 1.82) is 0 Å². The van der Waals surface area contributed by atoms with Crippen molar-refractivity contribution >= 4 is 23.4 Å². The van der Waals surface area contributed by atoms with Gasteiger partial charge >= 0.3 is 0 Å². The number of pyridine rings is 1. The second kappa shape index (κ2) is 5.21. The van der Waals surface area contributed by atoms with Gasteiger partial charge in [-0.05, 0) is 30.2 Å². The number of nitrogens with zero attached hydrogens (tertiary/aromatic N) is 1. The molecule has 1 atom stereocenters. The molecule has 2 nitrogen and oxygen atoms in total. The number of thioether (sulfide) groups is 1. The first kappa shape index (κ1) is 11.9. The molecule has 0 radical (unpaired) electrons. The normalized spacial score (nSPS) is 17.5. The van der Waals surface area contributed by atoms with E-state index in [-0.39, 0.29) is 0 Å². The predicted octanol–water partition coefficient (Wildman–Crippen LogP) is 3.83. The zero-order valence-electron chi connectivity index (χ0n) is 9.67. The Morgan fingerprint density at radius 1 is 1.28 bits per heavy atom. The molecular weight excluding hydrogens is 266 g/mol. The Morgan fingerprint density at radius 3 is 3.00 bits per heavy atom. The molecular formula is C14H12ClNOS. The maximum Gasteiger partial charge on any atom is 0.171 e. The maximum atomic E-state index is 5.96. The molecule has 1 aliphatic heterocycles. The van der Waals surface area contributed by atoms with Crippen molar-refractivity contribution in [1.82, 2.24) is 4.98 Å². The summed E-state index contributed by atoms with van der Waals surface area (Å²) in [6.07, 6.45) is 2.72. The summed E-state index contributed by atoms with van der Waals surface area (Å²) in [6.45, 7) is 0.658. The van der Waals surface area contributed by atoms with Gasteiger partial charge in [0.2, 0.25) is 0 Å². The third-order valence-corrected chi connectivity index (χ3v) is 4.44. The van der Waals surface area contributed by atoms with Gasteiger partial charge in [-0.2, -0.15) is 0 Å². The standard InChI is InChI=1S/C14H12ClNOS/c15-14-12(5-3-7-16-14)17-9-11-8-10-4-1-2-6-13(10)18-11/h1-7,11H,8-9H2. The number of benzene rings is 1. The van der Waals surface area contributed by atoms with E-state index in [9.17, 15) is 0 Å². The lowest BCUT2D eigenvalue weighted by atomic mass is 10.1. The van der Waals surface area contributed by atoms with E-state index < -0.39 is 0 Å². The molecule has 1 aromatic heterocycles. The van der Waals surface area contributed by atoms with Crippen LogP contribution < -0.4 is 4.74 Å². The van der Waals surface area contributed by atoms with Gasteiger partial charge in [-0.25, -0.2) is 4.98 Å². The number of hydrogen-bond donors (Lipinski definition) is 0. The first-order valence-electron chi connectivity index (χ1n) is 5.81. The van der Waals surface area contributed by atoms with Gasteiger partial charge in [0.15, 0.2) is 10.9 Å². The zero-order chi connectivity index (χ0) is 12.4. The Kier molecular flexibility index (Phi) is 3.43. The molecule has 0 saturated heterocycles. The lowest BCUT2D eigenvalue weighted by Gasteiger charge is -2.11. The molecule has 1 aliphatic rings. The highest BCUT2D eigenvalue weighted by Crippen LogP contribution is 2.37. The Labute approximate surface area is 115 Å². The monoisotopic (exact) mass is 277 g/mol. The van der Waals surface area contributed by atoms with Crippen LogP contribution in [-0.2, 0) is 6.42 Å². The second-order valence-corrected chi connectivity index (χ2v) is 5.86. The van der Waals surface area contributed by atoms with E-state index in [2.05, 4.69) is 29.2 Å². The average Bonchev–Trinajstić information content (AvgIpc) is 2.80. The van der Waals surface area contributed by atoms with Gasteiger partial charge < -0.3 is 4.74 Å². The lowest BCUT2D eigenvalue weighted by Crippen LogP contribution is -2.13. The van der Waals surface area contributed by atoms with Gasteiger partial charge in [-0.15, -0.1) is 11.8 Å². The first-order valence-corrected chi connectivity index (χ1v) is 7.06. The van der Waals surface area contributed by atoms with Gasteiger partial charge in [-0.3, -0.25) is 0 Å². The molecule has 2 heterocycles. The summed E-state index contributed by atoms with van der Waals surface area (Å²) >= 11 is 7.83. The smallest absolute Gasteiger partial charge is 0.171 e. The summed E-state index contributed by atoms with van der Waals surface area (Å²) in [7, 11) is 0. The van der Waals surface area contributed by atoms with Crippen LogP contribution in [0, 0.1) is 0 Å². The number of aromatic nitrogens is 1. The zero-order valence-corrected chi connectivity index (χ0v) is 11.2. The molecule has 0 aliphatic carbocycles. The Balaban J connectivity index is 1.62. The largest absolute Gasteiger partial charge is 0.489 e. The Morgan fingerprint density at radius 2 is 2.17 bits per heavy atom. The van der Waals surface area contributed by atoms with Crippen molar-refractivity contribution in [3.63, 3.8) is 0 Å². The molecule has 0 fully saturated rings. The molecule has 1 unspecified atom stereocenters. The van der Waals surface area contributed by atoms with Crippen molar-refractivity contribution in [3.05, 3.63) is 53.3 Å². The number of ether oxygens (including phenoxy) is 1. The van der Waals surface area contributed by atoms with Crippen LogP contribution in [0.1, 0.15) is 5.56 Å². The van der Waals surface area contributed by atoms with E-state index in [1.165, 1.54) is 10.5 Å². The molecule has 18 heavy (non-hydrogen) atoms. The molecule has 0 spiro atoms. The van der Waals surface area contributed by atoms with Crippen molar-refractivity contribution in [2.45, 2.75) is 16.6 Å².